The molecule has 6 fully saturated rings. The van der Waals surface area contributed by atoms with Crippen LogP contribution < -0.4 is 28.4 Å². The monoisotopic (exact) mass is 1210 g/mol. The summed E-state index contributed by atoms with van der Waals surface area (Å²) in [6.45, 7) is 31.3. The first-order chi connectivity index (χ1) is 42.9. The summed E-state index contributed by atoms with van der Waals surface area (Å²) in [5, 5.41) is 0. The molecule has 12 nitrogen and oxygen atoms in total. The molecule has 6 heterocycles. The molecule has 12 rings (SSSR count). The minimum absolute atomic E-state index is 0.0932. The maximum Gasteiger partial charge on any atom is 0.123 e. The van der Waals surface area contributed by atoms with Crippen LogP contribution in [0.5, 0.6) is 34.5 Å². The van der Waals surface area contributed by atoms with Crippen molar-refractivity contribution in [1.82, 2.24) is 0 Å². The molecule has 0 saturated carbocycles. The largest absolute Gasteiger partial charge is 0.491 e. The van der Waals surface area contributed by atoms with Gasteiger partial charge in [0.15, 0.2) is 0 Å². The molecule has 0 aromatic heterocycles. The zero-order chi connectivity index (χ0) is 62.0. The Morgan fingerprint density at radius 3 is 1.17 bits per heavy atom. The summed E-state index contributed by atoms with van der Waals surface area (Å²) in [5.74, 6) is 5.22. The second-order valence-corrected chi connectivity index (χ2v) is 28.3. The van der Waals surface area contributed by atoms with Gasteiger partial charge in [0, 0.05) is 27.2 Å². The van der Waals surface area contributed by atoms with E-state index in [1.807, 2.05) is 0 Å². The number of rotatable bonds is 36. The van der Waals surface area contributed by atoms with Crippen LogP contribution >= 0.6 is 0 Å². The van der Waals surface area contributed by atoms with E-state index in [2.05, 4.69) is 191 Å². The van der Waals surface area contributed by atoms with Gasteiger partial charge in [-0.25, -0.2) is 0 Å². The van der Waals surface area contributed by atoms with Crippen LogP contribution in [0.15, 0.2) is 121 Å². The number of hydrogen-bond acceptors (Lipinski definition) is 12. The lowest BCUT2D eigenvalue weighted by atomic mass is 9.65. The van der Waals surface area contributed by atoms with E-state index < -0.39 is 5.41 Å². The Bertz CT molecular complexity index is 3350. The second-order valence-electron chi connectivity index (χ2n) is 28.3. The first-order valence-corrected chi connectivity index (χ1v) is 33.1. The van der Waals surface area contributed by atoms with Crippen LogP contribution in [-0.2, 0) is 68.3 Å². The summed E-state index contributed by atoms with van der Waals surface area (Å²) < 4.78 is 72.8. The fourth-order valence-corrected chi connectivity index (χ4v) is 13.0. The third kappa shape index (κ3) is 15.8. The molecule has 0 N–H and O–H groups in total. The average Bonchev–Trinajstić information content (AvgIpc) is 1.57. The Balaban J connectivity index is 0.929. The van der Waals surface area contributed by atoms with E-state index in [-0.39, 0.29) is 58.3 Å². The van der Waals surface area contributed by atoms with Crippen LogP contribution in [0.2, 0.25) is 0 Å². The van der Waals surface area contributed by atoms with Crippen molar-refractivity contribution >= 4 is 0 Å². The highest BCUT2D eigenvalue weighted by Crippen LogP contribution is 2.49. The van der Waals surface area contributed by atoms with Crippen LogP contribution in [0.1, 0.15) is 163 Å². The van der Waals surface area contributed by atoms with Crippen LogP contribution in [0.3, 0.4) is 0 Å². The fraction of sp³-hybridized carbons (Fsp3) is 0.532. The SMILES string of the molecule is CCCCC(C)(Cc1cc(C(C)(C)c2ccc(OCC3CO3)cc2C(C)(CCCC)Cc2cc(OCC3CO3)ccc2C(C)(C)c2ccc(OCC3CO3)cc2)ccc1OCC1CO1)c1cc(C(C)(C)c2ccc(OCC3CO3)cc2)ccc1OCC1CO1. The predicted molar refractivity (Wildman–Crippen MR) is 348 cm³/mol. The third-order valence-corrected chi connectivity index (χ3v) is 19.7. The van der Waals surface area contributed by atoms with E-state index in [0.29, 0.717) is 46.2 Å². The van der Waals surface area contributed by atoms with Crippen molar-refractivity contribution in [2.24, 2.45) is 0 Å². The van der Waals surface area contributed by atoms with Gasteiger partial charge in [-0.3, -0.25) is 0 Å². The van der Waals surface area contributed by atoms with Crippen molar-refractivity contribution in [3.63, 3.8) is 0 Å². The summed E-state index contributed by atoms with van der Waals surface area (Å²) in [7, 11) is 0. The van der Waals surface area contributed by atoms with Crippen LogP contribution in [0.25, 0.3) is 0 Å². The average molecular weight is 1210 g/mol. The zero-order valence-corrected chi connectivity index (χ0v) is 54.6. The Hall–Kier alpha value is -6.12. The highest BCUT2D eigenvalue weighted by atomic mass is 16.6. The number of hydrogen-bond donors (Lipinski definition) is 0. The van der Waals surface area contributed by atoms with Gasteiger partial charge in [-0.2, -0.15) is 0 Å². The van der Waals surface area contributed by atoms with Gasteiger partial charge in [0.05, 0.1) is 39.6 Å². The lowest BCUT2D eigenvalue weighted by molar-refractivity contribution is 0.252. The third-order valence-electron chi connectivity index (χ3n) is 19.7. The van der Waals surface area contributed by atoms with E-state index in [9.17, 15) is 0 Å². The number of benzene rings is 6. The number of unbranched alkanes of at least 4 members (excludes halogenated alkanes) is 2. The van der Waals surface area contributed by atoms with E-state index in [1.54, 1.807) is 0 Å². The molecule has 0 amide bonds. The van der Waals surface area contributed by atoms with E-state index >= 15 is 0 Å². The lowest BCUT2D eigenvalue weighted by Gasteiger charge is -2.40. The summed E-state index contributed by atoms with van der Waals surface area (Å²) in [6, 6.07) is 44.8. The van der Waals surface area contributed by atoms with Crippen molar-refractivity contribution in [2.45, 2.75) is 184 Å². The molecule has 8 unspecified atom stereocenters. The van der Waals surface area contributed by atoms with Crippen molar-refractivity contribution in [3.8, 4) is 34.5 Å². The maximum atomic E-state index is 6.87. The van der Waals surface area contributed by atoms with E-state index in [0.717, 1.165) is 119 Å². The first kappa shape index (κ1) is 63.0. The molecule has 6 aliphatic rings. The van der Waals surface area contributed by atoms with Gasteiger partial charge < -0.3 is 56.8 Å². The Morgan fingerprint density at radius 2 is 0.685 bits per heavy atom. The Morgan fingerprint density at radius 1 is 0.326 bits per heavy atom. The van der Waals surface area contributed by atoms with Crippen molar-refractivity contribution in [2.75, 3.05) is 79.3 Å². The van der Waals surface area contributed by atoms with E-state index in [4.69, 9.17) is 56.8 Å². The van der Waals surface area contributed by atoms with Gasteiger partial charge in [-0.05, 0) is 142 Å². The fourth-order valence-electron chi connectivity index (χ4n) is 13.0. The molecule has 0 aliphatic carbocycles. The van der Waals surface area contributed by atoms with Gasteiger partial charge in [0.2, 0.25) is 0 Å². The molecule has 12 heteroatoms. The summed E-state index contributed by atoms with van der Waals surface area (Å²) in [6.07, 6.45) is 8.44. The van der Waals surface area contributed by atoms with Crippen molar-refractivity contribution in [3.05, 3.63) is 177 Å². The van der Waals surface area contributed by atoms with Crippen molar-refractivity contribution < 1.29 is 56.8 Å². The smallest absolute Gasteiger partial charge is 0.123 e. The van der Waals surface area contributed by atoms with Gasteiger partial charge in [-0.15, -0.1) is 0 Å². The first-order valence-electron chi connectivity index (χ1n) is 33.1. The lowest BCUT2D eigenvalue weighted by Crippen LogP contribution is -2.33. The Kier molecular flexibility index (Phi) is 18.8. The second kappa shape index (κ2) is 26.6. The molecule has 6 aliphatic heterocycles. The van der Waals surface area contributed by atoms with Gasteiger partial charge in [0.1, 0.15) is 111 Å². The normalized spacial score (nSPS) is 22.1. The molecule has 0 bridgehead atoms. The highest BCUT2D eigenvalue weighted by molar-refractivity contribution is 5.55. The summed E-state index contributed by atoms with van der Waals surface area (Å²) in [5.41, 5.74) is 10.4. The Labute approximate surface area is 529 Å². The molecular weight excluding hydrogens is 1120 g/mol. The van der Waals surface area contributed by atoms with Gasteiger partial charge in [0.25, 0.3) is 0 Å². The molecule has 89 heavy (non-hydrogen) atoms. The molecule has 6 saturated heterocycles. The van der Waals surface area contributed by atoms with Gasteiger partial charge in [-0.1, -0.05) is 156 Å². The standard InChI is InChI=1S/C77H96O12/c1-11-13-31-76(9,37-51-34-59(80-41-63-45-84-63)25-27-67(51)74(5,6)54-17-23-58(24-18-54)79-40-62-44-83-62)69-36-60(81-42-64-46-85-64)26-28-68(69)75(7,8)55-19-29-71(88-49-65-47-86-65)52(33-55)38-77(10,32-14-12-2)70-35-56(20-30-72(70)89-50-66-48-87-66)73(3,4)53-15-21-57(22-16-53)78-39-61-43-82-61/h15-30,33-36,61-66H,11-14,31-32,37-50H2,1-10H3. The number of ether oxygens (including phenoxy) is 12. The van der Waals surface area contributed by atoms with E-state index in [1.165, 1.54) is 55.6 Å². The quantitative estimate of drug-likeness (QED) is 0.0347. The minimum atomic E-state index is -0.491. The minimum Gasteiger partial charge on any atom is -0.491 e. The van der Waals surface area contributed by atoms with Crippen LogP contribution in [0.4, 0.5) is 0 Å². The highest BCUT2D eigenvalue weighted by Gasteiger charge is 2.41. The molecule has 8 atom stereocenters. The topological polar surface area (TPSA) is 131 Å². The molecule has 0 radical (unpaired) electrons. The molecule has 6 aromatic carbocycles. The molecule has 476 valence electrons. The van der Waals surface area contributed by atoms with Crippen LogP contribution in [-0.4, -0.2) is 116 Å². The molecule has 6 aromatic rings. The van der Waals surface area contributed by atoms with Gasteiger partial charge >= 0.3 is 0 Å². The zero-order valence-electron chi connectivity index (χ0n) is 54.6. The maximum absolute atomic E-state index is 6.87. The molecular formula is C77H96O12. The summed E-state index contributed by atoms with van der Waals surface area (Å²) >= 11 is 0. The number of epoxide rings is 6. The summed E-state index contributed by atoms with van der Waals surface area (Å²) in [4.78, 5) is 0. The predicted octanol–water partition coefficient (Wildman–Crippen LogP) is 14.7. The van der Waals surface area contributed by atoms with Crippen LogP contribution in [0, 0.1) is 0 Å². The molecule has 0 spiro atoms. The van der Waals surface area contributed by atoms with Crippen molar-refractivity contribution in [1.29, 1.82) is 0 Å².